The van der Waals surface area contributed by atoms with E-state index in [2.05, 4.69) is 5.32 Å². The van der Waals surface area contributed by atoms with E-state index in [0.29, 0.717) is 6.61 Å². The first-order valence-electron chi connectivity index (χ1n) is 8.59. The number of para-hydroxylation sites is 1. The van der Waals surface area contributed by atoms with Crippen LogP contribution in [0.3, 0.4) is 0 Å². The minimum atomic E-state index is -0.689. The van der Waals surface area contributed by atoms with Gasteiger partial charge in [-0.1, -0.05) is 18.2 Å². The number of imide groups is 2. The predicted molar refractivity (Wildman–Crippen MR) is 95.1 cm³/mol. The topological polar surface area (TPSA) is 80.6 Å². The van der Waals surface area contributed by atoms with Crippen molar-refractivity contribution in [2.24, 2.45) is 7.05 Å². The number of ether oxygens (including phenoxy) is 1. The molecule has 2 aliphatic rings. The van der Waals surface area contributed by atoms with Gasteiger partial charge in [-0.05, 0) is 25.0 Å². The molecule has 1 N–H and O–H groups in total. The number of amides is 4. The highest BCUT2D eigenvalue weighted by molar-refractivity contribution is 6.31. The fourth-order valence-corrected chi connectivity index (χ4v) is 3.50. The Morgan fingerprint density at radius 3 is 2.85 bits per heavy atom. The van der Waals surface area contributed by atoms with E-state index in [1.807, 2.05) is 42.1 Å². The molecule has 7 nitrogen and oxygen atoms in total. The van der Waals surface area contributed by atoms with E-state index >= 15 is 0 Å². The zero-order chi connectivity index (χ0) is 18.3. The number of aryl methyl sites for hydroxylation is 1. The Morgan fingerprint density at radius 2 is 2.08 bits per heavy atom. The van der Waals surface area contributed by atoms with Crippen molar-refractivity contribution in [1.29, 1.82) is 0 Å². The summed E-state index contributed by atoms with van der Waals surface area (Å²) in [5.41, 5.74) is 1.71. The van der Waals surface area contributed by atoms with Crippen LogP contribution in [0.4, 0.5) is 4.79 Å². The van der Waals surface area contributed by atoms with Crippen LogP contribution in [-0.2, 0) is 21.4 Å². The minimum absolute atomic E-state index is 0.0426. The molecular formula is C19H19N3O4. The molecule has 1 aromatic carbocycles. The highest BCUT2D eigenvalue weighted by Crippen LogP contribution is 2.24. The molecule has 1 atom stereocenters. The summed E-state index contributed by atoms with van der Waals surface area (Å²) in [4.78, 5) is 38.2. The van der Waals surface area contributed by atoms with Gasteiger partial charge in [0.05, 0.1) is 12.6 Å². The Balaban J connectivity index is 1.69. The number of urea groups is 1. The number of nitrogens with one attached hydrogen (secondary N) is 1. The van der Waals surface area contributed by atoms with Crippen LogP contribution in [0, 0.1) is 0 Å². The molecule has 134 valence electrons. The molecule has 2 aliphatic heterocycles. The van der Waals surface area contributed by atoms with E-state index in [4.69, 9.17) is 4.74 Å². The second kappa shape index (κ2) is 6.42. The summed E-state index contributed by atoms with van der Waals surface area (Å²) in [5, 5.41) is 3.19. The molecule has 2 saturated heterocycles. The molecule has 0 radical (unpaired) electrons. The van der Waals surface area contributed by atoms with Gasteiger partial charge in [-0.15, -0.1) is 0 Å². The Morgan fingerprint density at radius 1 is 1.27 bits per heavy atom. The second-order valence-corrected chi connectivity index (χ2v) is 6.58. The number of benzene rings is 1. The number of carbonyl (C=O) groups excluding carboxylic acids is 3. The van der Waals surface area contributed by atoms with Crippen molar-refractivity contribution in [3.63, 3.8) is 0 Å². The van der Waals surface area contributed by atoms with Crippen molar-refractivity contribution in [2.45, 2.75) is 18.9 Å². The zero-order valence-electron chi connectivity index (χ0n) is 14.4. The summed E-state index contributed by atoms with van der Waals surface area (Å²) in [5.74, 6) is -1.25. The summed E-state index contributed by atoms with van der Waals surface area (Å²) in [6.07, 6.45) is 4.95. The molecule has 3 heterocycles. The number of aromatic nitrogens is 1. The Labute approximate surface area is 150 Å². The highest BCUT2D eigenvalue weighted by Gasteiger charge is 2.37. The average molecular weight is 353 g/mol. The molecule has 2 aromatic rings. The molecule has 0 spiro atoms. The van der Waals surface area contributed by atoms with Crippen molar-refractivity contribution < 1.29 is 19.1 Å². The normalized spacial score (nSPS) is 22.5. The van der Waals surface area contributed by atoms with Crippen LogP contribution in [0.15, 0.2) is 36.0 Å². The van der Waals surface area contributed by atoms with Gasteiger partial charge in [0.1, 0.15) is 5.57 Å². The quantitative estimate of drug-likeness (QED) is 0.674. The number of rotatable bonds is 3. The van der Waals surface area contributed by atoms with Gasteiger partial charge in [0.15, 0.2) is 0 Å². The van der Waals surface area contributed by atoms with Crippen LogP contribution in [0.1, 0.15) is 18.4 Å². The number of fused-ring (bicyclic) bond motifs is 1. The van der Waals surface area contributed by atoms with Gasteiger partial charge in [0.2, 0.25) is 0 Å². The Hall–Kier alpha value is -2.93. The third kappa shape index (κ3) is 2.80. The fraction of sp³-hybridized carbons (Fsp3) is 0.316. The van der Waals surface area contributed by atoms with Crippen LogP contribution >= 0.6 is 0 Å². The lowest BCUT2D eigenvalue weighted by Crippen LogP contribution is -2.55. The van der Waals surface area contributed by atoms with Gasteiger partial charge in [-0.25, -0.2) is 4.79 Å². The molecule has 26 heavy (non-hydrogen) atoms. The second-order valence-electron chi connectivity index (χ2n) is 6.58. The van der Waals surface area contributed by atoms with Crippen LogP contribution in [0.2, 0.25) is 0 Å². The SMILES string of the molecule is Cn1cc(/C=C2\C(=O)NC(=O)N(CC3CCCO3)C2=O)c2ccccc21. The summed E-state index contributed by atoms with van der Waals surface area (Å²) >= 11 is 0. The first-order valence-corrected chi connectivity index (χ1v) is 8.59. The molecule has 0 saturated carbocycles. The van der Waals surface area contributed by atoms with Crippen molar-refractivity contribution in [3.05, 3.63) is 41.6 Å². The highest BCUT2D eigenvalue weighted by atomic mass is 16.5. The van der Waals surface area contributed by atoms with Gasteiger partial charge in [0, 0.05) is 36.3 Å². The van der Waals surface area contributed by atoms with E-state index in [9.17, 15) is 14.4 Å². The molecular weight excluding hydrogens is 334 g/mol. The van der Waals surface area contributed by atoms with Gasteiger partial charge in [-0.2, -0.15) is 0 Å². The molecule has 7 heteroatoms. The lowest BCUT2D eigenvalue weighted by atomic mass is 10.1. The van der Waals surface area contributed by atoms with Crippen molar-refractivity contribution in [3.8, 4) is 0 Å². The van der Waals surface area contributed by atoms with E-state index in [-0.39, 0.29) is 18.2 Å². The van der Waals surface area contributed by atoms with Crippen molar-refractivity contribution >= 4 is 34.8 Å². The summed E-state index contributed by atoms with van der Waals surface area (Å²) in [6, 6.07) is 7.04. The molecule has 2 fully saturated rings. The number of barbiturate groups is 1. The average Bonchev–Trinajstić information content (AvgIpc) is 3.24. The zero-order valence-corrected chi connectivity index (χ0v) is 14.4. The van der Waals surface area contributed by atoms with Gasteiger partial charge in [-0.3, -0.25) is 19.8 Å². The molecule has 0 aliphatic carbocycles. The molecule has 0 bridgehead atoms. The maximum atomic E-state index is 12.8. The fourth-order valence-electron chi connectivity index (χ4n) is 3.50. The maximum absolute atomic E-state index is 12.8. The largest absolute Gasteiger partial charge is 0.376 e. The van der Waals surface area contributed by atoms with Crippen LogP contribution in [-0.4, -0.2) is 46.6 Å². The Bertz CT molecular complexity index is 937. The number of hydrogen-bond acceptors (Lipinski definition) is 4. The van der Waals surface area contributed by atoms with E-state index in [1.165, 1.54) is 0 Å². The summed E-state index contributed by atoms with van der Waals surface area (Å²) in [6.45, 7) is 0.788. The first-order chi connectivity index (χ1) is 12.5. The summed E-state index contributed by atoms with van der Waals surface area (Å²) < 4.78 is 7.44. The summed E-state index contributed by atoms with van der Waals surface area (Å²) in [7, 11) is 1.90. The van der Waals surface area contributed by atoms with Crippen molar-refractivity contribution in [2.75, 3.05) is 13.2 Å². The lowest BCUT2D eigenvalue weighted by Gasteiger charge is -2.28. The number of nitrogens with zero attached hydrogens (tertiary/aromatic N) is 2. The third-order valence-electron chi connectivity index (χ3n) is 4.82. The first kappa shape index (κ1) is 16.5. The van der Waals surface area contributed by atoms with E-state index in [1.54, 1.807) is 6.08 Å². The van der Waals surface area contributed by atoms with Gasteiger partial charge < -0.3 is 9.30 Å². The number of hydrogen-bond donors (Lipinski definition) is 1. The molecule has 4 rings (SSSR count). The standard InChI is InChI=1S/C19H19N3O4/c1-21-10-12(14-6-2-3-7-16(14)21)9-15-17(23)20-19(25)22(18(15)24)11-13-5-4-8-26-13/h2-3,6-7,9-10,13H,4-5,8,11H2,1H3,(H,20,23,25)/b15-9+. The molecule has 4 amide bonds. The third-order valence-corrected chi connectivity index (χ3v) is 4.82. The molecule has 1 unspecified atom stereocenters. The minimum Gasteiger partial charge on any atom is -0.376 e. The maximum Gasteiger partial charge on any atom is 0.331 e. The Kier molecular flexibility index (Phi) is 4.08. The predicted octanol–water partition coefficient (Wildman–Crippen LogP) is 1.82. The van der Waals surface area contributed by atoms with Gasteiger partial charge in [0.25, 0.3) is 11.8 Å². The smallest absolute Gasteiger partial charge is 0.331 e. The molecule has 1 aromatic heterocycles. The number of carbonyl (C=O) groups is 3. The lowest BCUT2D eigenvalue weighted by molar-refractivity contribution is -0.131. The van der Waals surface area contributed by atoms with E-state index in [0.717, 1.165) is 34.2 Å². The van der Waals surface area contributed by atoms with Crippen molar-refractivity contribution in [1.82, 2.24) is 14.8 Å². The van der Waals surface area contributed by atoms with Crippen LogP contribution in [0.5, 0.6) is 0 Å². The monoisotopic (exact) mass is 353 g/mol. The van der Waals surface area contributed by atoms with E-state index < -0.39 is 17.8 Å². The van der Waals surface area contributed by atoms with Crippen LogP contribution < -0.4 is 5.32 Å². The van der Waals surface area contributed by atoms with Crippen LogP contribution in [0.25, 0.3) is 17.0 Å². The van der Waals surface area contributed by atoms with Gasteiger partial charge >= 0.3 is 6.03 Å².